The summed E-state index contributed by atoms with van der Waals surface area (Å²) in [6.07, 6.45) is 1.50. The number of imidazole rings is 1. The summed E-state index contributed by atoms with van der Waals surface area (Å²) in [5, 5.41) is 0. The maximum atomic E-state index is 5.88. The number of fused-ring (bicyclic) bond motifs is 1. The number of aryl methyl sites for hydroxylation is 1. The first-order valence-electron chi connectivity index (χ1n) is 6.31. The van der Waals surface area contributed by atoms with Crippen LogP contribution in [-0.4, -0.2) is 19.5 Å². The van der Waals surface area contributed by atoms with Crippen LogP contribution in [-0.2, 0) is 7.05 Å². The average Bonchev–Trinajstić information content (AvgIpc) is 2.82. The monoisotopic (exact) mass is 269 g/mol. The minimum Gasteiger partial charge on any atom is -0.455 e. The Bertz CT molecular complexity index is 738. The number of hydrogen-bond donors (Lipinski definition) is 1. The predicted octanol–water partition coefficient (Wildman–Crippen LogP) is 2.09. The van der Waals surface area contributed by atoms with Crippen LogP contribution in [0.25, 0.3) is 11.2 Å². The first-order chi connectivity index (χ1) is 9.65. The molecule has 0 fully saturated rings. The van der Waals surface area contributed by atoms with Gasteiger partial charge in [-0.1, -0.05) is 30.3 Å². The molecule has 0 spiro atoms. The number of rotatable bonds is 3. The molecule has 0 radical (unpaired) electrons. The van der Waals surface area contributed by atoms with Crippen molar-refractivity contribution in [2.75, 3.05) is 5.73 Å². The quantitative estimate of drug-likeness (QED) is 0.787. The number of anilines is 1. The number of nitrogens with two attached hydrogens (primary N) is 1. The van der Waals surface area contributed by atoms with E-state index in [2.05, 4.69) is 15.0 Å². The summed E-state index contributed by atoms with van der Waals surface area (Å²) in [6, 6.07) is 10.2. The molecule has 0 saturated carbocycles. The molecule has 0 bridgehead atoms. The van der Waals surface area contributed by atoms with Crippen molar-refractivity contribution in [2.45, 2.75) is 13.0 Å². The molecule has 6 heteroatoms. The first kappa shape index (κ1) is 12.4. The van der Waals surface area contributed by atoms with Crippen LogP contribution in [0.3, 0.4) is 0 Å². The molecule has 6 nitrogen and oxygen atoms in total. The normalized spacial score (nSPS) is 12.5. The lowest BCUT2D eigenvalue weighted by molar-refractivity contribution is 0.208. The lowest BCUT2D eigenvalue weighted by atomic mass is 10.1. The molecule has 2 aromatic heterocycles. The summed E-state index contributed by atoms with van der Waals surface area (Å²) < 4.78 is 7.56. The fraction of sp³-hybridized carbons (Fsp3) is 0.214. The van der Waals surface area contributed by atoms with Gasteiger partial charge in [-0.15, -0.1) is 0 Å². The first-order valence-corrected chi connectivity index (χ1v) is 6.31. The summed E-state index contributed by atoms with van der Waals surface area (Å²) in [4.78, 5) is 12.7. The second-order valence-corrected chi connectivity index (χ2v) is 4.59. The Morgan fingerprint density at radius 1 is 1.20 bits per heavy atom. The Balaban J connectivity index is 1.93. The van der Waals surface area contributed by atoms with Crippen LogP contribution in [0.5, 0.6) is 6.01 Å². The van der Waals surface area contributed by atoms with E-state index < -0.39 is 0 Å². The molecular formula is C14H15N5O. The van der Waals surface area contributed by atoms with E-state index in [4.69, 9.17) is 10.5 Å². The van der Waals surface area contributed by atoms with Crippen LogP contribution >= 0.6 is 0 Å². The van der Waals surface area contributed by atoms with Gasteiger partial charge in [0.05, 0.1) is 6.33 Å². The SMILES string of the molecule is CC(Oc1nc(N)c2ncn(C)c2n1)c1ccccc1. The molecule has 1 unspecified atom stereocenters. The number of nitrogen functional groups attached to an aromatic ring is 1. The topological polar surface area (TPSA) is 78.9 Å². The van der Waals surface area contributed by atoms with Gasteiger partial charge in [0.2, 0.25) is 0 Å². The van der Waals surface area contributed by atoms with Crippen molar-refractivity contribution in [1.82, 2.24) is 19.5 Å². The fourth-order valence-electron chi connectivity index (χ4n) is 2.01. The minimum absolute atomic E-state index is 0.152. The number of ether oxygens (including phenoxy) is 1. The smallest absolute Gasteiger partial charge is 0.321 e. The van der Waals surface area contributed by atoms with Gasteiger partial charge in [0, 0.05) is 7.05 Å². The van der Waals surface area contributed by atoms with E-state index in [1.54, 1.807) is 10.9 Å². The molecule has 1 atom stereocenters. The summed E-state index contributed by atoms with van der Waals surface area (Å²) in [5.41, 5.74) is 8.18. The molecular weight excluding hydrogens is 254 g/mol. The van der Waals surface area contributed by atoms with E-state index in [1.807, 2.05) is 44.3 Å². The largest absolute Gasteiger partial charge is 0.455 e. The predicted molar refractivity (Wildman–Crippen MR) is 76.2 cm³/mol. The molecule has 2 N–H and O–H groups in total. The number of nitrogens with zero attached hydrogens (tertiary/aromatic N) is 4. The number of aromatic nitrogens is 4. The summed E-state index contributed by atoms with van der Waals surface area (Å²) in [5.74, 6) is 0.325. The van der Waals surface area contributed by atoms with Crippen LogP contribution in [0.4, 0.5) is 5.82 Å². The second kappa shape index (κ2) is 4.80. The third-order valence-corrected chi connectivity index (χ3v) is 3.12. The molecule has 0 aliphatic heterocycles. The van der Waals surface area contributed by atoms with Gasteiger partial charge in [0.15, 0.2) is 11.5 Å². The Morgan fingerprint density at radius 2 is 1.95 bits per heavy atom. The van der Waals surface area contributed by atoms with Crippen LogP contribution in [0, 0.1) is 0 Å². The van der Waals surface area contributed by atoms with Crippen molar-refractivity contribution in [1.29, 1.82) is 0 Å². The van der Waals surface area contributed by atoms with E-state index in [0.717, 1.165) is 5.56 Å². The van der Waals surface area contributed by atoms with Crippen LogP contribution in [0.1, 0.15) is 18.6 Å². The van der Waals surface area contributed by atoms with Gasteiger partial charge in [-0.25, -0.2) is 4.98 Å². The highest BCUT2D eigenvalue weighted by Gasteiger charge is 2.13. The van der Waals surface area contributed by atoms with Crippen molar-refractivity contribution in [3.63, 3.8) is 0 Å². The molecule has 3 rings (SSSR count). The van der Waals surface area contributed by atoms with Crippen molar-refractivity contribution in [2.24, 2.45) is 7.05 Å². The van der Waals surface area contributed by atoms with Gasteiger partial charge < -0.3 is 15.0 Å². The molecule has 0 amide bonds. The molecule has 0 aliphatic carbocycles. The molecule has 3 aromatic rings. The summed E-state index contributed by atoms with van der Waals surface area (Å²) >= 11 is 0. The Labute approximate surface area is 116 Å². The standard InChI is InChI=1S/C14H15N5O/c1-9(10-6-4-3-5-7-10)20-14-17-12(15)11-13(18-14)19(2)8-16-11/h3-9H,1-2H3,(H2,15,17,18). The van der Waals surface area contributed by atoms with Crippen LogP contribution in [0.15, 0.2) is 36.7 Å². The Morgan fingerprint density at radius 3 is 2.70 bits per heavy atom. The Kier molecular flexibility index (Phi) is 2.98. The maximum absolute atomic E-state index is 5.88. The lowest BCUT2D eigenvalue weighted by Gasteiger charge is -2.13. The van der Waals surface area contributed by atoms with Gasteiger partial charge in [-0.05, 0) is 12.5 Å². The molecule has 0 saturated heterocycles. The fourth-order valence-corrected chi connectivity index (χ4v) is 2.01. The van der Waals surface area contributed by atoms with E-state index in [9.17, 15) is 0 Å². The highest BCUT2D eigenvalue weighted by Crippen LogP contribution is 2.22. The molecule has 1 aromatic carbocycles. The zero-order valence-corrected chi connectivity index (χ0v) is 11.3. The Hall–Kier alpha value is -2.63. The molecule has 20 heavy (non-hydrogen) atoms. The average molecular weight is 269 g/mol. The van der Waals surface area contributed by atoms with Gasteiger partial charge in [-0.3, -0.25) is 0 Å². The zero-order valence-electron chi connectivity index (χ0n) is 11.3. The minimum atomic E-state index is -0.152. The van der Waals surface area contributed by atoms with Crippen molar-refractivity contribution >= 4 is 17.0 Å². The van der Waals surface area contributed by atoms with Gasteiger partial charge in [-0.2, -0.15) is 9.97 Å². The zero-order chi connectivity index (χ0) is 14.1. The van der Waals surface area contributed by atoms with Crippen molar-refractivity contribution in [3.05, 3.63) is 42.2 Å². The van der Waals surface area contributed by atoms with Crippen molar-refractivity contribution in [3.8, 4) is 6.01 Å². The maximum Gasteiger partial charge on any atom is 0.321 e. The van der Waals surface area contributed by atoms with E-state index >= 15 is 0 Å². The van der Waals surface area contributed by atoms with Gasteiger partial charge in [0.1, 0.15) is 11.6 Å². The molecule has 2 heterocycles. The van der Waals surface area contributed by atoms with E-state index in [-0.39, 0.29) is 12.1 Å². The summed E-state index contributed by atoms with van der Waals surface area (Å²) in [7, 11) is 1.85. The third kappa shape index (κ3) is 2.16. The highest BCUT2D eigenvalue weighted by atomic mass is 16.5. The molecule has 0 aliphatic rings. The van der Waals surface area contributed by atoms with Gasteiger partial charge >= 0.3 is 6.01 Å². The van der Waals surface area contributed by atoms with Gasteiger partial charge in [0.25, 0.3) is 0 Å². The molecule has 102 valence electrons. The van der Waals surface area contributed by atoms with Crippen LogP contribution in [0.2, 0.25) is 0 Å². The van der Waals surface area contributed by atoms with E-state index in [1.165, 1.54) is 0 Å². The lowest BCUT2D eigenvalue weighted by Crippen LogP contribution is -2.07. The van der Waals surface area contributed by atoms with Crippen molar-refractivity contribution < 1.29 is 4.74 Å². The third-order valence-electron chi connectivity index (χ3n) is 3.12. The van der Waals surface area contributed by atoms with E-state index in [0.29, 0.717) is 17.0 Å². The highest BCUT2D eigenvalue weighted by molar-refractivity contribution is 5.81. The van der Waals surface area contributed by atoms with Crippen LogP contribution < -0.4 is 10.5 Å². The number of hydrogen-bond acceptors (Lipinski definition) is 5. The second-order valence-electron chi connectivity index (χ2n) is 4.59. The number of benzene rings is 1. The summed E-state index contributed by atoms with van der Waals surface area (Å²) in [6.45, 7) is 1.95.